The minimum absolute atomic E-state index is 0.106. The third-order valence-corrected chi connectivity index (χ3v) is 21.0. The number of aliphatic hydroxyl groups excluding tert-OH is 1. The number of phosphoric acid groups is 2. The Balaban J connectivity index is 5.13. The van der Waals surface area contributed by atoms with Gasteiger partial charge in [-0.2, -0.15) is 0 Å². The Morgan fingerprint density at radius 1 is 0.283 bits per heavy atom. The van der Waals surface area contributed by atoms with Gasteiger partial charge in [0.2, 0.25) is 0 Å². The molecule has 17 nitrogen and oxygen atoms in total. The molecule has 0 aliphatic carbocycles. The highest BCUT2D eigenvalue weighted by atomic mass is 31.2. The van der Waals surface area contributed by atoms with Gasteiger partial charge in [0.15, 0.2) is 12.2 Å². The molecule has 0 rings (SSSR count). The van der Waals surface area contributed by atoms with Crippen LogP contribution in [0.25, 0.3) is 0 Å². The predicted octanol–water partition coefficient (Wildman–Crippen LogP) is 24.0. The van der Waals surface area contributed by atoms with Crippen molar-refractivity contribution in [1.29, 1.82) is 0 Å². The molecule has 19 heteroatoms. The van der Waals surface area contributed by atoms with Crippen molar-refractivity contribution in [2.24, 2.45) is 5.92 Å². The van der Waals surface area contributed by atoms with E-state index in [0.29, 0.717) is 25.7 Å². The zero-order chi connectivity index (χ0) is 72.7. The van der Waals surface area contributed by atoms with E-state index in [4.69, 9.17) is 37.0 Å². The van der Waals surface area contributed by atoms with Gasteiger partial charge in [0.25, 0.3) is 0 Å². The lowest BCUT2D eigenvalue weighted by Gasteiger charge is -2.21. The monoisotopic (exact) mass is 1450 g/mol. The summed E-state index contributed by atoms with van der Waals surface area (Å²) >= 11 is 0. The van der Waals surface area contributed by atoms with Crippen molar-refractivity contribution in [3.05, 3.63) is 0 Å². The molecule has 3 N–H and O–H groups in total. The Labute approximate surface area is 607 Å². The van der Waals surface area contributed by atoms with E-state index < -0.39 is 97.5 Å². The van der Waals surface area contributed by atoms with Crippen molar-refractivity contribution in [3.63, 3.8) is 0 Å². The minimum Gasteiger partial charge on any atom is -0.462 e. The molecule has 0 spiro atoms. The van der Waals surface area contributed by atoms with Gasteiger partial charge in [-0.3, -0.25) is 37.3 Å². The van der Waals surface area contributed by atoms with Crippen LogP contribution in [-0.4, -0.2) is 96.7 Å². The van der Waals surface area contributed by atoms with Crippen LogP contribution < -0.4 is 0 Å². The Hall–Kier alpha value is -1.94. The van der Waals surface area contributed by atoms with E-state index in [2.05, 4.69) is 34.6 Å². The summed E-state index contributed by atoms with van der Waals surface area (Å²) in [5.74, 6) is -1.24. The molecule has 0 aromatic carbocycles. The fourth-order valence-electron chi connectivity index (χ4n) is 12.4. The third kappa shape index (κ3) is 72.8. The maximum absolute atomic E-state index is 13.1. The lowest BCUT2D eigenvalue weighted by molar-refractivity contribution is -0.161. The summed E-state index contributed by atoms with van der Waals surface area (Å²) in [5, 5.41) is 10.6. The highest BCUT2D eigenvalue weighted by Crippen LogP contribution is 2.45. The second-order valence-corrected chi connectivity index (χ2v) is 32.0. The molecule has 0 saturated carbocycles. The van der Waals surface area contributed by atoms with Gasteiger partial charge in [-0.1, -0.05) is 375 Å². The van der Waals surface area contributed by atoms with Crippen LogP contribution in [-0.2, 0) is 65.4 Å². The Morgan fingerprint density at radius 3 is 0.717 bits per heavy atom. The highest BCUT2D eigenvalue weighted by Gasteiger charge is 2.30. The summed E-state index contributed by atoms with van der Waals surface area (Å²) in [4.78, 5) is 72.7. The summed E-state index contributed by atoms with van der Waals surface area (Å²) in [7, 11) is -9.91. The molecule has 6 atom stereocenters. The molecule has 0 aromatic rings. The van der Waals surface area contributed by atoms with Gasteiger partial charge in [0.1, 0.15) is 19.3 Å². The summed E-state index contributed by atoms with van der Waals surface area (Å²) in [6.45, 7) is 7.33. The van der Waals surface area contributed by atoms with E-state index in [9.17, 15) is 43.2 Å². The summed E-state index contributed by atoms with van der Waals surface area (Å²) in [6.07, 6.45) is 64.1. The third-order valence-electron chi connectivity index (χ3n) is 19.1. The van der Waals surface area contributed by atoms with Crippen LogP contribution in [0.15, 0.2) is 0 Å². The van der Waals surface area contributed by atoms with E-state index in [1.165, 1.54) is 244 Å². The van der Waals surface area contributed by atoms with E-state index in [0.717, 1.165) is 102 Å². The van der Waals surface area contributed by atoms with Gasteiger partial charge in [-0.05, 0) is 31.6 Å². The zero-order valence-electron chi connectivity index (χ0n) is 64.6. The van der Waals surface area contributed by atoms with Gasteiger partial charge >= 0.3 is 39.5 Å². The molecule has 0 heterocycles. The second kappa shape index (κ2) is 73.0. The fraction of sp³-hybridized carbons (Fsp3) is 0.950. The van der Waals surface area contributed by atoms with Crippen LogP contribution in [0, 0.1) is 5.92 Å². The molecule has 0 aromatic heterocycles. The lowest BCUT2D eigenvalue weighted by Crippen LogP contribution is -2.30. The van der Waals surface area contributed by atoms with E-state index in [-0.39, 0.29) is 25.7 Å². The van der Waals surface area contributed by atoms with Crippen LogP contribution in [0.1, 0.15) is 426 Å². The van der Waals surface area contributed by atoms with E-state index >= 15 is 0 Å². The first-order valence-electron chi connectivity index (χ1n) is 41.7. The number of carbonyl (C=O) groups excluding carboxylic acids is 4. The molecule has 0 aliphatic heterocycles. The van der Waals surface area contributed by atoms with Gasteiger partial charge in [0.05, 0.1) is 26.4 Å². The summed E-state index contributed by atoms with van der Waals surface area (Å²) < 4.78 is 68.5. The number of rotatable bonds is 80. The van der Waals surface area contributed by atoms with Crippen molar-refractivity contribution in [2.45, 2.75) is 445 Å². The maximum Gasteiger partial charge on any atom is 0.472 e. The fourth-order valence-corrected chi connectivity index (χ4v) is 14.0. The first-order chi connectivity index (χ1) is 48.1. The number of esters is 4. The van der Waals surface area contributed by atoms with Crippen molar-refractivity contribution < 1.29 is 80.2 Å². The quantitative estimate of drug-likeness (QED) is 0.0222. The molecule has 0 fully saturated rings. The van der Waals surface area contributed by atoms with E-state index in [1.54, 1.807) is 0 Å². The number of unbranched alkanes of at least 4 members (excludes halogenated alkanes) is 51. The molecule has 0 saturated heterocycles. The minimum atomic E-state index is -4.96. The zero-order valence-corrected chi connectivity index (χ0v) is 66.4. The van der Waals surface area contributed by atoms with Crippen LogP contribution in [0.2, 0.25) is 0 Å². The lowest BCUT2D eigenvalue weighted by atomic mass is 9.99. The number of ether oxygens (including phenoxy) is 4. The molecule has 0 radical (unpaired) electrons. The van der Waals surface area contributed by atoms with Crippen LogP contribution in [0.5, 0.6) is 0 Å². The van der Waals surface area contributed by atoms with Gasteiger partial charge in [0, 0.05) is 25.7 Å². The second-order valence-electron chi connectivity index (χ2n) is 29.1. The van der Waals surface area contributed by atoms with Crippen LogP contribution in [0.4, 0.5) is 0 Å². The highest BCUT2D eigenvalue weighted by molar-refractivity contribution is 7.47. The normalized spacial score (nSPS) is 14.1. The average molecular weight is 1450 g/mol. The Bertz CT molecular complexity index is 1890. The number of aliphatic hydroxyl groups is 1. The Morgan fingerprint density at radius 2 is 0.485 bits per heavy atom. The molecule has 0 amide bonds. The average Bonchev–Trinajstić information content (AvgIpc) is 2.05. The van der Waals surface area contributed by atoms with Crippen molar-refractivity contribution in [1.82, 2.24) is 0 Å². The SMILES string of the molecule is CCCCCCCCCCCCCCCCCCCCCCC(=O)OC[C@H](COP(=O)(O)OC[C@@H](O)COP(=O)(O)OC[C@@H](COC(=O)CCCCCCCCCC)OC(=O)CCCCCCCCCCC)OC(=O)CCCCCCCCCCCCCCCCCCCCC(C)CC. The molecule has 0 aliphatic rings. The predicted molar refractivity (Wildman–Crippen MR) is 405 cm³/mol. The van der Waals surface area contributed by atoms with Crippen molar-refractivity contribution >= 4 is 39.5 Å². The molecule has 588 valence electrons. The molecular weight excluding hydrogens is 1290 g/mol. The van der Waals surface area contributed by atoms with E-state index in [1.807, 2.05) is 0 Å². The molecule has 0 bridgehead atoms. The molecular formula is C80H156O17P2. The number of phosphoric ester groups is 2. The number of hydrogen-bond acceptors (Lipinski definition) is 15. The molecule has 99 heavy (non-hydrogen) atoms. The van der Waals surface area contributed by atoms with Crippen LogP contribution in [0.3, 0.4) is 0 Å². The first kappa shape index (κ1) is 97.1. The number of hydrogen-bond donors (Lipinski definition) is 3. The van der Waals surface area contributed by atoms with Gasteiger partial charge in [-0.15, -0.1) is 0 Å². The van der Waals surface area contributed by atoms with Crippen molar-refractivity contribution in [2.75, 3.05) is 39.6 Å². The smallest absolute Gasteiger partial charge is 0.462 e. The van der Waals surface area contributed by atoms with Gasteiger partial charge < -0.3 is 33.8 Å². The van der Waals surface area contributed by atoms with Crippen LogP contribution >= 0.6 is 15.6 Å². The van der Waals surface area contributed by atoms with Gasteiger partial charge in [-0.25, -0.2) is 9.13 Å². The largest absolute Gasteiger partial charge is 0.472 e. The Kier molecular flexibility index (Phi) is 71.6. The maximum atomic E-state index is 13.1. The standard InChI is InChI=1S/C80H156O17P2/c1-6-10-13-16-19-22-23-24-25-26-27-28-32-35-38-41-45-49-54-59-64-78(83)91-70-76(97-80(85)66-61-56-51-46-42-39-36-33-30-29-31-34-37-40-44-47-52-57-62-73(5)9-4)72-95-99(88,89)93-68-74(81)67-92-98(86,87)94-71-75(69-90-77(82)63-58-53-48-21-18-15-12-8-3)96-79(84)65-60-55-50-43-20-17-14-11-7-2/h73-76,81H,6-72H2,1-5H3,(H,86,87)(H,88,89)/t73?,74-,75+,76+/m0/s1. The topological polar surface area (TPSA) is 237 Å². The number of carbonyl (C=O) groups is 4. The summed E-state index contributed by atoms with van der Waals surface area (Å²) in [6, 6.07) is 0. The first-order valence-corrected chi connectivity index (χ1v) is 44.7. The summed E-state index contributed by atoms with van der Waals surface area (Å²) in [5.41, 5.74) is 0. The molecule has 3 unspecified atom stereocenters. The van der Waals surface area contributed by atoms with Crippen molar-refractivity contribution in [3.8, 4) is 0 Å².